The number of thiocarbonyl (C=S) groups is 1. The van der Waals surface area contributed by atoms with E-state index >= 15 is 0 Å². The number of aliphatic hydroxyl groups excluding tert-OH is 1. The van der Waals surface area contributed by atoms with E-state index in [0.29, 0.717) is 48.5 Å². The van der Waals surface area contributed by atoms with E-state index in [0.717, 1.165) is 18.9 Å². The number of hydrogen-bond acceptors (Lipinski definition) is 9. The van der Waals surface area contributed by atoms with Crippen LogP contribution in [0.3, 0.4) is 0 Å². The first-order valence-corrected chi connectivity index (χ1v) is 16.0. The first-order chi connectivity index (χ1) is 23.0. The number of halogens is 1. The minimum atomic E-state index is -1.72. The second kappa shape index (κ2) is 16.8. The van der Waals surface area contributed by atoms with Crippen molar-refractivity contribution in [3.63, 3.8) is 0 Å². The van der Waals surface area contributed by atoms with Gasteiger partial charge in [-0.15, -0.1) is 0 Å². The molecule has 0 fully saturated rings. The molecule has 1 aromatic heterocycles. The molecule has 252 valence electrons. The van der Waals surface area contributed by atoms with Gasteiger partial charge in [0.15, 0.2) is 11.2 Å². The molecular formula is C37H37FO9S. The van der Waals surface area contributed by atoms with Gasteiger partial charge in [-0.1, -0.05) is 68.1 Å². The molecule has 0 spiro atoms. The number of carbonyl (C=O) groups excluding carboxylic acids is 1. The minimum Gasteiger partial charge on any atom is -0.507 e. The zero-order chi connectivity index (χ0) is 34.8. The van der Waals surface area contributed by atoms with Crippen molar-refractivity contribution in [3.8, 4) is 17.4 Å². The lowest BCUT2D eigenvalue weighted by molar-refractivity contribution is 0.101. The number of hydrogen-bond donors (Lipinski definition) is 3. The molecule has 1 aliphatic rings. The lowest BCUT2D eigenvalue weighted by Crippen LogP contribution is -2.44. The Balaban J connectivity index is 1.51. The maximum atomic E-state index is 14.1. The lowest BCUT2D eigenvalue weighted by atomic mass is 9.88. The predicted octanol–water partition coefficient (Wildman–Crippen LogP) is 6.21. The zero-order valence-electron chi connectivity index (χ0n) is 26.6. The Hall–Kier alpha value is -4.87. The van der Waals surface area contributed by atoms with Gasteiger partial charge in [-0.2, -0.15) is 0 Å². The highest BCUT2D eigenvalue weighted by Gasteiger charge is 2.30. The van der Waals surface area contributed by atoms with Gasteiger partial charge in [-0.3, -0.25) is 9.59 Å². The van der Waals surface area contributed by atoms with Crippen LogP contribution < -0.4 is 25.5 Å². The molecule has 4 rings (SSSR count). The van der Waals surface area contributed by atoms with Gasteiger partial charge in [0.05, 0.1) is 29.1 Å². The Kier molecular flexibility index (Phi) is 12.6. The molecule has 3 N–H and O–H groups in total. The first kappa shape index (κ1) is 36.0. The summed E-state index contributed by atoms with van der Waals surface area (Å²) in [6.07, 6.45) is 10.4. The van der Waals surface area contributed by atoms with Crippen molar-refractivity contribution in [2.24, 2.45) is 0 Å². The molecule has 2 atom stereocenters. The molecule has 0 bridgehead atoms. The fraction of sp³-hybridized carbons (Fsp3) is 0.297. The maximum absolute atomic E-state index is 14.1. The number of unbranched alkanes of at least 4 members (excludes halogenated alkanes) is 2. The van der Waals surface area contributed by atoms with Gasteiger partial charge < -0.3 is 29.2 Å². The summed E-state index contributed by atoms with van der Waals surface area (Å²) in [5.41, 5.74) is 0.261. The average molecular weight is 677 g/mol. The number of allylic oxidation sites excluding steroid dienone is 3. The van der Waals surface area contributed by atoms with Crippen molar-refractivity contribution in [2.75, 3.05) is 6.61 Å². The number of aromatic hydroxyl groups is 1. The molecule has 0 aliphatic heterocycles. The Labute approximate surface area is 282 Å². The van der Waals surface area contributed by atoms with Gasteiger partial charge in [0.25, 0.3) is 0 Å². The van der Waals surface area contributed by atoms with Crippen LogP contribution >= 0.6 is 12.2 Å². The summed E-state index contributed by atoms with van der Waals surface area (Å²) in [6.45, 7) is 3.79. The fourth-order valence-electron chi connectivity index (χ4n) is 5.40. The molecule has 2 aromatic carbocycles. The Morgan fingerprint density at radius 2 is 1.96 bits per heavy atom. The zero-order valence-corrected chi connectivity index (χ0v) is 27.4. The number of carbonyl (C=O) groups is 2. The summed E-state index contributed by atoms with van der Waals surface area (Å²) in [7, 11) is 0. The van der Waals surface area contributed by atoms with E-state index in [-0.39, 0.29) is 38.9 Å². The summed E-state index contributed by atoms with van der Waals surface area (Å²) >= 11 is 5.20. The van der Waals surface area contributed by atoms with Gasteiger partial charge in [0.2, 0.25) is 0 Å². The number of ether oxygens (including phenoxy) is 2. The van der Waals surface area contributed by atoms with Gasteiger partial charge in [0.1, 0.15) is 22.7 Å². The molecule has 11 heteroatoms. The number of fused-ring (bicyclic) bond motifs is 1. The van der Waals surface area contributed by atoms with Crippen LogP contribution in [0, 0.1) is 5.82 Å². The third kappa shape index (κ3) is 8.93. The highest BCUT2D eigenvalue weighted by atomic mass is 32.1. The van der Waals surface area contributed by atoms with Crippen molar-refractivity contribution in [2.45, 2.75) is 64.4 Å². The number of rotatable bonds is 15. The number of Topliss-reactive ketones (excluding diaryl/α,β-unsaturated/α-hetero) is 1. The summed E-state index contributed by atoms with van der Waals surface area (Å²) < 4.78 is 30.6. The van der Waals surface area contributed by atoms with E-state index in [1.54, 1.807) is 30.4 Å². The third-order valence-corrected chi connectivity index (χ3v) is 8.01. The van der Waals surface area contributed by atoms with E-state index in [9.17, 15) is 34.1 Å². The number of benzene rings is 2. The number of phenolic OH excluding ortho intramolecular Hbond substituents is 1. The van der Waals surface area contributed by atoms with E-state index in [4.69, 9.17) is 26.1 Å². The van der Waals surface area contributed by atoms with Crippen molar-refractivity contribution in [3.05, 3.63) is 110 Å². The molecule has 1 heterocycles. The molecule has 0 saturated carbocycles. The number of aliphatic hydroxyl groups is 1. The van der Waals surface area contributed by atoms with Crippen LogP contribution in [0.25, 0.3) is 12.2 Å². The molecular weight excluding hydrogens is 639 g/mol. The van der Waals surface area contributed by atoms with Crippen molar-refractivity contribution in [1.82, 2.24) is 0 Å². The number of phenols is 1. The van der Waals surface area contributed by atoms with Crippen LogP contribution in [0.1, 0.15) is 85.0 Å². The Morgan fingerprint density at radius 1 is 1.17 bits per heavy atom. The Bertz CT molecular complexity index is 1930. The monoisotopic (exact) mass is 676 g/mol. The molecule has 0 radical (unpaired) electrons. The van der Waals surface area contributed by atoms with Crippen LogP contribution in [0.5, 0.6) is 17.4 Å². The minimum absolute atomic E-state index is 0.0345. The van der Waals surface area contributed by atoms with Crippen molar-refractivity contribution >= 4 is 41.2 Å². The molecule has 1 aliphatic carbocycles. The predicted molar refractivity (Wildman–Crippen MR) is 183 cm³/mol. The van der Waals surface area contributed by atoms with E-state index in [2.05, 4.69) is 0 Å². The van der Waals surface area contributed by atoms with Crippen LogP contribution in [-0.4, -0.2) is 38.7 Å². The summed E-state index contributed by atoms with van der Waals surface area (Å²) in [6, 6.07) is 8.53. The maximum Gasteiger partial charge on any atom is 0.513 e. The third-order valence-electron chi connectivity index (χ3n) is 7.73. The quantitative estimate of drug-likeness (QED) is 0.0559. The van der Waals surface area contributed by atoms with Gasteiger partial charge in [0, 0.05) is 22.8 Å². The normalized spacial score (nSPS) is 13.9. The van der Waals surface area contributed by atoms with Crippen LogP contribution in [0.2, 0.25) is 0 Å². The standard InChI is InChI=1S/C37H37FO9S/c1-3-11-27-30(18-17-26(22(2)39)34(27)41)45-19-9-7-5-4-6-8-14-29(33(40)23-12-10-13-24(38)20-23)32-35(42)28-16-15-25(48)21-31(28)46-36(32)47-37(43)44/h4,6,8,10,12-14,16-18,20-21,29,33,40-41H,3,5,7,9,11,15,19H2,1-2H3,(H,43,44)/b6-4-,14-8+/t29-,33-/m0/s1. The number of carboxylic acid groups (broad SMARTS) is 1. The summed E-state index contributed by atoms with van der Waals surface area (Å²) in [4.78, 5) is 37.6. The SMILES string of the molecule is CCCc1c(OCCCC/C=C\C=C\[C@@H](c2c(OC(=O)O)oc3c(c2=O)=CCC(=S)C=3)[C@@H](O)c2cccc(F)c2)ccc(C(C)=O)c1O. The lowest BCUT2D eigenvalue weighted by Gasteiger charge is -2.21. The smallest absolute Gasteiger partial charge is 0.507 e. The highest BCUT2D eigenvalue weighted by molar-refractivity contribution is 7.81. The molecule has 48 heavy (non-hydrogen) atoms. The van der Waals surface area contributed by atoms with Gasteiger partial charge in [-0.05, 0) is 68.5 Å². The van der Waals surface area contributed by atoms with Gasteiger partial charge in [-0.25, -0.2) is 9.18 Å². The van der Waals surface area contributed by atoms with Crippen LogP contribution in [-0.2, 0) is 6.42 Å². The van der Waals surface area contributed by atoms with Gasteiger partial charge >= 0.3 is 12.1 Å². The van der Waals surface area contributed by atoms with E-state index in [1.807, 2.05) is 13.0 Å². The summed E-state index contributed by atoms with van der Waals surface area (Å²) in [5, 5.41) is 31.5. The molecule has 9 nitrogen and oxygen atoms in total. The van der Waals surface area contributed by atoms with Crippen LogP contribution in [0.15, 0.2) is 69.9 Å². The largest absolute Gasteiger partial charge is 0.513 e. The average Bonchev–Trinajstić information content (AvgIpc) is 3.03. The highest BCUT2D eigenvalue weighted by Crippen LogP contribution is 2.35. The summed E-state index contributed by atoms with van der Waals surface area (Å²) in [5.74, 6) is -2.08. The Morgan fingerprint density at radius 3 is 2.67 bits per heavy atom. The van der Waals surface area contributed by atoms with E-state index in [1.165, 1.54) is 37.3 Å². The van der Waals surface area contributed by atoms with Crippen molar-refractivity contribution in [1.29, 1.82) is 0 Å². The molecule has 0 amide bonds. The molecule has 0 saturated heterocycles. The van der Waals surface area contributed by atoms with Crippen LogP contribution in [0.4, 0.5) is 9.18 Å². The topological polar surface area (TPSA) is 144 Å². The van der Waals surface area contributed by atoms with E-state index < -0.39 is 35.4 Å². The molecule has 3 aromatic rings. The second-order valence-corrected chi connectivity index (χ2v) is 11.7. The number of ketones is 1. The fourth-order valence-corrected chi connectivity index (χ4v) is 5.59. The first-order valence-electron chi connectivity index (χ1n) is 15.6. The molecule has 0 unspecified atom stereocenters. The second-order valence-electron chi connectivity index (χ2n) is 11.2. The van der Waals surface area contributed by atoms with Crippen molar-refractivity contribution < 1.29 is 43.2 Å².